The zero-order valence-electron chi connectivity index (χ0n) is 20.4. The van der Waals surface area contributed by atoms with Crippen molar-refractivity contribution in [1.29, 1.82) is 0 Å². The Bertz CT molecular complexity index is 980. The Morgan fingerprint density at radius 2 is 1.44 bits per heavy atom. The molecule has 0 aromatic heterocycles. The van der Waals surface area contributed by atoms with Crippen molar-refractivity contribution in [2.45, 2.75) is 44.6 Å². The van der Waals surface area contributed by atoms with E-state index < -0.39 is 6.04 Å². The Balaban J connectivity index is 1.35. The summed E-state index contributed by atoms with van der Waals surface area (Å²) in [6, 6.07) is 17.4. The normalized spacial score (nSPS) is 28.0. The average molecular weight is 460 g/mol. The lowest BCUT2D eigenvalue weighted by atomic mass is 9.47. The van der Waals surface area contributed by atoms with Crippen LogP contribution in [0.2, 0.25) is 0 Å². The van der Waals surface area contributed by atoms with Crippen molar-refractivity contribution in [3.63, 3.8) is 0 Å². The van der Waals surface area contributed by atoms with Crippen molar-refractivity contribution in [3.8, 4) is 11.1 Å². The van der Waals surface area contributed by atoms with Gasteiger partial charge in [-0.15, -0.1) is 0 Å². The zero-order chi connectivity index (χ0) is 23.7. The third kappa shape index (κ3) is 4.76. The third-order valence-corrected chi connectivity index (χ3v) is 8.35. The van der Waals surface area contributed by atoms with Crippen molar-refractivity contribution in [3.05, 3.63) is 60.2 Å². The number of likely N-dealkylation sites (N-methyl/N-ethyl adjacent to an activating group) is 1. The second-order valence-electron chi connectivity index (χ2n) is 11.2. The number of carbonyl (C=O) groups excluding carboxylic acids is 2. The zero-order valence-corrected chi connectivity index (χ0v) is 20.4. The minimum absolute atomic E-state index is 0.0157. The number of carbonyl (C=O) groups is 2. The minimum Gasteiger partial charge on any atom is -0.353 e. The minimum atomic E-state index is -0.468. The molecule has 1 unspecified atom stereocenters. The molecule has 34 heavy (non-hydrogen) atoms. The monoisotopic (exact) mass is 459 g/mol. The highest BCUT2D eigenvalue weighted by molar-refractivity contribution is 5.98. The largest absolute Gasteiger partial charge is 0.353 e. The first-order valence-corrected chi connectivity index (χ1v) is 12.8. The molecule has 0 radical (unpaired) electrons. The van der Waals surface area contributed by atoms with Crippen LogP contribution in [0.3, 0.4) is 0 Å². The summed E-state index contributed by atoms with van der Waals surface area (Å²) in [5.74, 6) is 1.97. The number of nitrogens with one attached hydrogen (secondary N) is 2. The van der Waals surface area contributed by atoms with E-state index >= 15 is 0 Å². The van der Waals surface area contributed by atoms with E-state index in [-0.39, 0.29) is 17.2 Å². The number of hydrogen-bond acceptors (Lipinski definition) is 3. The molecule has 0 spiro atoms. The second kappa shape index (κ2) is 9.53. The summed E-state index contributed by atoms with van der Waals surface area (Å²) in [5, 5.41) is 6.35. The highest BCUT2D eigenvalue weighted by Gasteiger charge is 2.56. The smallest absolute Gasteiger partial charge is 0.251 e. The van der Waals surface area contributed by atoms with Crippen molar-refractivity contribution in [1.82, 2.24) is 15.5 Å². The van der Waals surface area contributed by atoms with Crippen molar-refractivity contribution < 1.29 is 9.59 Å². The molecule has 4 saturated carbocycles. The maximum atomic E-state index is 13.5. The predicted octanol–water partition coefficient (Wildman–Crippen LogP) is 4.35. The van der Waals surface area contributed by atoms with E-state index in [1.54, 1.807) is 0 Å². The van der Waals surface area contributed by atoms with Crippen LogP contribution in [0.25, 0.3) is 11.1 Å². The van der Waals surface area contributed by atoms with Crippen LogP contribution in [0.5, 0.6) is 0 Å². The molecule has 2 amide bonds. The van der Waals surface area contributed by atoms with E-state index in [0.29, 0.717) is 29.9 Å². The molecule has 4 fully saturated rings. The van der Waals surface area contributed by atoms with Crippen LogP contribution in [0, 0.1) is 23.2 Å². The van der Waals surface area contributed by atoms with Gasteiger partial charge >= 0.3 is 0 Å². The van der Waals surface area contributed by atoms with E-state index in [1.807, 2.05) is 56.6 Å². The van der Waals surface area contributed by atoms with E-state index in [1.165, 1.54) is 19.3 Å². The molecule has 5 nitrogen and oxygen atoms in total. The molecule has 2 N–H and O–H groups in total. The summed E-state index contributed by atoms with van der Waals surface area (Å²) < 4.78 is 0. The Labute approximate surface area is 203 Å². The highest BCUT2D eigenvalue weighted by Crippen LogP contribution is 2.61. The van der Waals surface area contributed by atoms with Crippen LogP contribution in [0.15, 0.2) is 54.6 Å². The quantitative estimate of drug-likeness (QED) is 0.617. The number of rotatable bonds is 8. The van der Waals surface area contributed by atoms with Gasteiger partial charge < -0.3 is 15.5 Å². The predicted molar refractivity (Wildman–Crippen MR) is 135 cm³/mol. The molecule has 0 aliphatic heterocycles. The van der Waals surface area contributed by atoms with Crippen LogP contribution >= 0.6 is 0 Å². The summed E-state index contributed by atoms with van der Waals surface area (Å²) in [6.45, 7) is 1.38. The lowest BCUT2D eigenvalue weighted by Gasteiger charge is -2.59. The maximum Gasteiger partial charge on any atom is 0.251 e. The van der Waals surface area contributed by atoms with Gasteiger partial charge in [0.2, 0.25) is 5.91 Å². The standard InChI is InChI=1S/C29H37N3O2/c1-32(2)13-12-30-28(34)26(29-17-20-14-21(18-29)16-22(15-20)19-29)31-27(33)25-10-8-24(9-11-25)23-6-4-3-5-7-23/h3-11,20-22,26H,12-19H2,1-2H3,(H,30,34)(H,31,33). The molecular formula is C29H37N3O2. The van der Waals surface area contributed by atoms with E-state index in [2.05, 4.69) is 27.7 Å². The first-order valence-electron chi connectivity index (χ1n) is 12.8. The molecule has 6 rings (SSSR count). The fourth-order valence-electron chi connectivity index (χ4n) is 7.19. The second-order valence-corrected chi connectivity index (χ2v) is 11.2. The molecule has 4 bridgehead atoms. The number of amides is 2. The summed E-state index contributed by atoms with van der Waals surface area (Å²) in [4.78, 5) is 28.9. The summed E-state index contributed by atoms with van der Waals surface area (Å²) in [7, 11) is 4.01. The lowest BCUT2D eigenvalue weighted by molar-refractivity contribution is -0.134. The van der Waals surface area contributed by atoms with Gasteiger partial charge in [-0.25, -0.2) is 0 Å². The van der Waals surface area contributed by atoms with Gasteiger partial charge in [-0.3, -0.25) is 9.59 Å². The molecule has 2 aromatic rings. The van der Waals surface area contributed by atoms with Gasteiger partial charge in [-0.05, 0) is 93.6 Å². The maximum absolute atomic E-state index is 13.5. The first kappa shape index (κ1) is 23.1. The fourth-order valence-corrected chi connectivity index (χ4v) is 7.19. The van der Waals surface area contributed by atoms with Crippen LogP contribution < -0.4 is 10.6 Å². The molecule has 0 saturated heterocycles. The molecule has 5 heteroatoms. The molecule has 180 valence electrons. The molecule has 1 atom stereocenters. The highest BCUT2D eigenvalue weighted by atomic mass is 16.2. The Morgan fingerprint density at radius 1 is 0.882 bits per heavy atom. The van der Waals surface area contributed by atoms with Crippen LogP contribution in [0.4, 0.5) is 0 Å². The van der Waals surface area contributed by atoms with Gasteiger partial charge in [0.15, 0.2) is 0 Å². The first-order chi connectivity index (χ1) is 16.4. The Morgan fingerprint density at radius 3 is 2.00 bits per heavy atom. The van der Waals surface area contributed by atoms with E-state index in [4.69, 9.17) is 0 Å². The van der Waals surface area contributed by atoms with Gasteiger partial charge in [0, 0.05) is 24.1 Å². The van der Waals surface area contributed by atoms with Crippen LogP contribution in [-0.2, 0) is 4.79 Å². The SMILES string of the molecule is CN(C)CCNC(=O)C(NC(=O)c1ccc(-c2ccccc2)cc1)C12CC3CC(CC(C3)C1)C2. The summed E-state index contributed by atoms with van der Waals surface area (Å²) in [6.07, 6.45) is 7.13. The fraction of sp³-hybridized carbons (Fsp3) is 0.517. The van der Waals surface area contributed by atoms with E-state index in [0.717, 1.165) is 36.9 Å². The van der Waals surface area contributed by atoms with Crippen molar-refractivity contribution in [2.75, 3.05) is 27.2 Å². The molecule has 2 aromatic carbocycles. The van der Waals surface area contributed by atoms with Gasteiger partial charge in [-0.1, -0.05) is 42.5 Å². The van der Waals surface area contributed by atoms with Gasteiger partial charge in [0.25, 0.3) is 5.91 Å². The summed E-state index contributed by atoms with van der Waals surface area (Å²) >= 11 is 0. The molecule has 4 aliphatic carbocycles. The van der Waals surface area contributed by atoms with Crippen LogP contribution in [-0.4, -0.2) is 49.9 Å². The lowest BCUT2D eigenvalue weighted by Crippen LogP contribution is -2.62. The van der Waals surface area contributed by atoms with Crippen molar-refractivity contribution in [2.24, 2.45) is 23.2 Å². The topological polar surface area (TPSA) is 61.4 Å². The molecule has 0 heterocycles. The van der Waals surface area contributed by atoms with Crippen LogP contribution in [0.1, 0.15) is 48.9 Å². The molecule has 4 aliphatic rings. The summed E-state index contributed by atoms with van der Waals surface area (Å²) in [5.41, 5.74) is 2.71. The Kier molecular flexibility index (Phi) is 6.48. The Hall–Kier alpha value is -2.66. The third-order valence-electron chi connectivity index (χ3n) is 8.35. The number of benzene rings is 2. The van der Waals surface area contributed by atoms with Gasteiger partial charge in [-0.2, -0.15) is 0 Å². The average Bonchev–Trinajstić information content (AvgIpc) is 2.82. The van der Waals surface area contributed by atoms with Gasteiger partial charge in [0.05, 0.1) is 0 Å². The number of hydrogen-bond donors (Lipinski definition) is 2. The van der Waals surface area contributed by atoms with E-state index in [9.17, 15) is 9.59 Å². The van der Waals surface area contributed by atoms with Gasteiger partial charge in [0.1, 0.15) is 6.04 Å². The van der Waals surface area contributed by atoms with Crippen molar-refractivity contribution >= 4 is 11.8 Å². The molecular weight excluding hydrogens is 422 g/mol. The number of nitrogens with zero attached hydrogens (tertiary/aromatic N) is 1.